The summed E-state index contributed by atoms with van der Waals surface area (Å²) in [6.07, 6.45) is 0.332. The molecule has 2 fully saturated rings. The number of halogens is 1. The maximum atomic E-state index is 13.9. The zero-order valence-electron chi connectivity index (χ0n) is 17.1. The molecule has 7 heteroatoms. The number of para-hydroxylation sites is 1. The smallest absolute Gasteiger partial charge is 0.328 e. The number of esters is 1. The fourth-order valence-electron chi connectivity index (χ4n) is 5.56. The molecule has 3 atom stereocenters. The van der Waals surface area contributed by atoms with E-state index in [-0.39, 0.29) is 11.7 Å². The fraction of sp³-hybridized carbons (Fsp3) is 0.375. The molecule has 0 bridgehead atoms. The lowest BCUT2D eigenvalue weighted by molar-refractivity contribution is -0.156. The molecule has 0 radical (unpaired) electrons. The first kappa shape index (κ1) is 20.2. The van der Waals surface area contributed by atoms with E-state index in [0.717, 1.165) is 5.56 Å². The van der Waals surface area contributed by atoms with E-state index in [1.165, 1.54) is 0 Å². The van der Waals surface area contributed by atoms with Gasteiger partial charge >= 0.3 is 5.97 Å². The number of ketones is 1. The van der Waals surface area contributed by atoms with Gasteiger partial charge in [-0.1, -0.05) is 36.7 Å². The molecule has 0 unspecified atom stereocenters. The van der Waals surface area contributed by atoms with E-state index < -0.39 is 22.7 Å². The Kier molecular flexibility index (Phi) is 4.68. The first-order chi connectivity index (χ1) is 15.0. The third-order valence-corrected chi connectivity index (χ3v) is 7.26. The Bertz CT molecular complexity index is 1080. The summed E-state index contributed by atoms with van der Waals surface area (Å²) in [7, 11) is 0. The Morgan fingerprint density at radius 1 is 1.10 bits per heavy atom. The highest BCUT2D eigenvalue weighted by Crippen LogP contribution is 2.80. The summed E-state index contributed by atoms with van der Waals surface area (Å²) in [6.45, 7) is 3.44. The van der Waals surface area contributed by atoms with Crippen molar-refractivity contribution in [1.29, 1.82) is 0 Å². The van der Waals surface area contributed by atoms with E-state index in [1.54, 1.807) is 41.3 Å². The number of hydrogen-bond acceptors (Lipinski definition) is 5. The minimum Gasteiger partial charge on any atom is -0.425 e. The molecule has 0 spiro atoms. The van der Waals surface area contributed by atoms with Gasteiger partial charge in [0.05, 0.1) is 18.6 Å². The predicted octanol–water partition coefficient (Wildman–Crippen LogP) is 3.48. The molecule has 2 aromatic rings. The molecule has 3 aliphatic rings. The van der Waals surface area contributed by atoms with Crippen LogP contribution in [0, 0.1) is 10.8 Å². The lowest BCUT2D eigenvalue weighted by Crippen LogP contribution is -2.51. The average Bonchev–Trinajstić information content (AvgIpc) is 3.46. The van der Waals surface area contributed by atoms with Gasteiger partial charge in [0.2, 0.25) is 5.91 Å². The van der Waals surface area contributed by atoms with Gasteiger partial charge in [0.15, 0.2) is 11.2 Å². The first-order valence-corrected chi connectivity index (χ1v) is 10.8. The van der Waals surface area contributed by atoms with Gasteiger partial charge < -0.3 is 14.4 Å². The number of nitrogens with zero attached hydrogens (tertiary/aromatic N) is 1. The van der Waals surface area contributed by atoms with Crippen molar-refractivity contribution in [3.05, 3.63) is 64.7 Å². The van der Waals surface area contributed by atoms with Gasteiger partial charge in [0, 0.05) is 35.2 Å². The van der Waals surface area contributed by atoms with Crippen LogP contribution >= 0.6 is 11.6 Å². The molecule has 1 saturated carbocycles. The van der Waals surface area contributed by atoms with Crippen molar-refractivity contribution in [3.63, 3.8) is 0 Å². The maximum absolute atomic E-state index is 13.9. The summed E-state index contributed by atoms with van der Waals surface area (Å²) in [6, 6.07) is 13.8. The number of Topliss-reactive ketones (excluding diaryl/α,β-unsaturated/α-hetero) is 1. The number of benzene rings is 2. The molecule has 0 aromatic heterocycles. The molecule has 0 N–H and O–H groups in total. The second-order valence-electron chi connectivity index (χ2n) is 8.23. The molecule has 31 heavy (non-hydrogen) atoms. The summed E-state index contributed by atoms with van der Waals surface area (Å²) < 4.78 is 11.1. The highest BCUT2D eigenvalue weighted by molar-refractivity contribution is 6.30. The molecule has 2 aromatic carbocycles. The minimum atomic E-state index is -1.57. The van der Waals surface area contributed by atoms with Crippen LogP contribution in [-0.2, 0) is 14.3 Å². The van der Waals surface area contributed by atoms with Crippen molar-refractivity contribution in [2.45, 2.75) is 19.3 Å². The summed E-state index contributed by atoms with van der Waals surface area (Å²) >= 11 is 6.01. The fourth-order valence-corrected chi connectivity index (χ4v) is 5.68. The topological polar surface area (TPSA) is 72.9 Å². The van der Waals surface area contributed by atoms with Crippen LogP contribution in [0.2, 0.25) is 5.02 Å². The number of amides is 1. The Balaban J connectivity index is 1.68. The predicted molar refractivity (Wildman–Crippen MR) is 113 cm³/mol. The number of morpholine rings is 1. The molecular weight excluding hydrogens is 418 g/mol. The molecule has 1 aliphatic carbocycles. The van der Waals surface area contributed by atoms with Crippen molar-refractivity contribution in [2.24, 2.45) is 10.8 Å². The lowest BCUT2D eigenvalue weighted by atomic mass is 9.82. The van der Waals surface area contributed by atoms with Gasteiger partial charge in [0.25, 0.3) is 0 Å². The van der Waals surface area contributed by atoms with Gasteiger partial charge in [-0.3, -0.25) is 14.4 Å². The number of ether oxygens (including phenoxy) is 2. The Labute approximate surface area is 185 Å². The largest absolute Gasteiger partial charge is 0.425 e. The van der Waals surface area contributed by atoms with Crippen molar-refractivity contribution >= 4 is 29.3 Å². The second kappa shape index (κ2) is 7.18. The van der Waals surface area contributed by atoms with Crippen LogP contribution < -0.4 is 4.74 Å². The van der Waals surface area contributed by atoms with Crippen molar-refractivity contribution < 1.29 is 23.9 Å². The Morgan fingerprint density at radius 3 is 2.45 bits per heavy atom. The monoisotopic (exact) mass is 439 g/mol. The van der Waals surface area contributed by atoms with Gasteiger partial charge in [0.1, 0.15) is 5.75 Å². The number of hydrogen-bond donors (Lipinski definition) is 0. The van der Waals surface area contributed by atoms with Crippen LogP contribution in [0.5, 0.6) is 5.75 Å². The van der Waals surface area contributed by atoms with E-state index in [2.05, 4.69) is 0 Å². The van der Waals surface area contributed by atoms with Crippen LogP contribution in [0.4, 0.5) is 0 Å². The van der Waals surface area contributed by atoms with Crippen molar-refractivity contribution in [1.82, 2.24) is 4.90 Å². The normalized spacial score (nSPS) is 28.9. The van der Waals surface area contributed by atoms with Gasteiger partial charge in [-0.05, 0) is 36.8 Å². The Morgan fingerprint density at radius 2 is 1.77 bits per heavy atom. The van der Waals surface area contributed by atoms with Crippen molar-refractivity contribution in [2.75, 3.05) is 26.3 Å². The highest BCUT2D eigenvalue weighted by atomic mass is 35.5. The molecule has 2 aliphatic heterocycles. The van der Waals surface area contributed by atoms with Crippen molar-refractivity contribution in [3.8, 4) is 5.75 Å². The van der Waals surface area contributed by atoms with E-state index in [0.29, 0.717) is 49.1 Å². The molecule has 2 heterocycles. The van der Waals surface area contributed by atoms with Gasteiger partial charge in [-0.15, -0.1) is 0 Å². The SMILES string of the molecule is CC[C@]1(C(=O)c2ccc(Cl)cc2)[C@H]2c3ccccc3OC(=O)[C@]21C(=O)N1CCOCC1. The zero-order chi connectivity index (χ0) is 21.8. The molecule has 1 amide bonds. The van der Waals surface area contributed by atoms with Gasteiger partial charge in [-0.25, -0.2) is 0 Å². The molecule has 6 nitrogen and oxygen atoms in total. The number of carbonyl (C=O) groups excluding carboxylic acids is 3. The summed E-state index contributed by atoms with van der Waals surface area (Å²) in [5, 5.41) is 0.513. The number of rotatable bonds is 4. The molecular formula is C24H22ClNO5. The molecule has 160 valence electrons. The number of fused-ring (bicyclic) bond motifs is 3. The molecule has 1 saturated heterocycles. The number of carbonyl (C=O) groups is 3. The van der Waals surface area contributed by atoms with Crippen LogP contribution in [0.25, 0.3) is 0 Å². The lowest BCUT2D eigenvalue weighted by Gasteiger charge is -2.32. The first-order valence-electron chi connectivity index (χ1n) is 10.5. The van der Waals surface area contributed by atoms with E-state index in [4.69, 9.17) is 21.1 Å². The average molecular weight is 440 g/mol. The highest BCUT2D eigenvalue weighted by Gasteiger charge is 2.89. The van der Waals surface area contributed by atoms with Crippen LogP contribution in [0.3, 0.4) is 0 Å². The second-order valence-corrected chi connectivity index (χ2v) is 8.67. The van der Waals surface area contributed by atoms with E-state index >= 15 is 0 Å². The summed E-state index contributed by atoms with van der Waals surface area (Å²) in [4.78, 5) is 43.0. The quantitative estimate of drug-likeness (QED) is 0.315. The van der Waals surface area contributed by atoms with Crippen LogP contribution in [0.15, 0.2) is 48.5 Å². The minimum absolute atomic E-state index is 0.230. The third-order valence-electron chi connectivity index (χ3n) is 7.01. The summed E-state index contributed by atoms with van der Waals surface area (Å²) in [5.41, 5.74) is -1.61. The summed E-state index contributed by atoms with van der Waals surface area (Å²) in [5.74, 6) is -1.36. The van der Waals surface area contributed by atoms with E-state index in [1.807, 2.05) is 19.1 Å². The maximum Gasteiger partial charge on any atom is 0.328 e. The Hall–Kier alpha value is -2.70. The van der Waals surface area contributed by atoms with E-state index in [9.17, 15) is 14.4 Å². The van der Waals surface area contributed by atoms with Crippen LogP contribution in [-0.4, -0.2) is 48.9 Å². The van der Waals surface area contributed by atoms with Crippen LogP contribution in [0.1, 0.15) is 35.2 Å². The molecule has 5 rings (SSSR count). The third kappa shape index (κ3) is 2.58. The zero-order valence-corrected chi connectivity index (χ0v) is 17.9. The standard InChI is InChI=1S/C24H22ClNO5/c1-2-23(20(27)15-7-9-16(25)10-8-15)19-17-5-3-4-6-18(17)31-22(29)24(19,23)21(28)26-11-13-30-14-12-26/h3-10,19H,2,11-14H2,1H3/t19-,23-,24-/m1/s1. The van der Waals surface area contributed by atoms with Gasteiger partial charge in [-0.2, -0.15) is 0 Å².